The van der Waals surface area contributed by atoms with Crippen LogP contribution in [0.4, 0.5) is 10.1 Å². The van der Waals surface area contributed by atoms with Crippen molar-refractivity contribution in [3.63, 3.8) is 0 Å². The van der Waals surface area contributed by atoms with Gasteiger partial charge in [0.15, 0.2) is 0 Å². The third kappa shape index (κ3) is 4.95. The zero-order valence-electron chi connectivity index (χ0n) is 18.2. The Morgan fingerprint density at radius 1 is 1.16 bits per heavy atom. The fourth-order valence-corrected chi connectivity index (χ4v) is 5.20. The predicted molar refractivity (Wildman–Crippen MR) is 124 cm³/mol. The van der Waals surface area contributed by atoms with Gasteiger partial charge in [0.05, 0.1) is 21.0 Å². The van der Waals surface area contributed by atoms with Crippen molar-refractivity contribution in [2.75, 3.05) is 18.4 Å². The van der Waals surface area contributed by atoms with Crippen molar-refractivity contribution in [3.05, 3.63) is 53.1 Å². The van der Waals surface area contributed by atoms with Gasteiger partial charge < -0.3 is 9.88 Å². The van der Waals surface area contributed by atoms with E-state index in [0.717, 1.165) is 5.52 Å². The molecule has 1 aromatic heterocycles. The maximum Gasteiger partial charge on any atom is 0.243 e. The van der Waals surface area contributed by atoms with E-state index in [4.69, 9.17) is 11.6 Å². The normalized spacial score (nSPS) is 11.9. The lowest BCUT2D eigenvalue weighted by Crippen LogP contribution is -2.30. The van der Waals surface area contributed by atoms with Gasteiger partial charge in [-0.25, -0.2) is 17.8 Å². The van der Waals surface area contributed by atoms with Gasteiger partial charge in [0.2, 0.25) is 15.9 Å². The van der Waals surface area contributed by atoms with Gasteiger partial charge in [-0.15, -0.1) is 0 Å². The Kier molecular flexibility index (Phi) is 7.53. The Morgan fingerprint density at radius 2 is 1.88 bits per heavy atom. The molecule has 0 spiro atoms. The topological polar surface area (TPSA) is 84.3 Å². The smallest absolute Gasteiger partial charge is 0.243 e. The van der Waals surface area contributed by atoms with Crippen LogP contribution in [0.2, 0.25) is 5.02 Å². The average Bonchev–Trinajstić information content (AvgIpc) is 3.12. The van der Waals surface area contributed by atoms with Crippen LogP contribution in [0.3, 0.4) is 0 Å². The second-order valence-electron chi connectivity index (χ2n) is 7.19. The largest absolute Gasteiger partial charge is 0.328 e. The maximum absolute atomic E-state index is 13.6. The van der Waals surface area contributed by atoms with Crippen molar-refractivity contribution in [2.45, 2.75) is 45.1 Å². The monoisotopic (exact) mass is 480 g/mol. The lowest BCUT2D eigenvalue weighted by Gasteiger charge is -2.18. The Balaban J connectivity index is 1.80. The summed E-state index contributed by atoms with van der Waals surface area (Å²) in [5, 5.41) is 2.63. The summed E-state index contributed by atoms with van der Waals surface area (Å²) in [5.41, 5.74) is 1.70. The summed E-state index contributed by atoms with van der Waals surface area (Å²) < 4.78 is 42.6. The number of nitrogens with one attached hydrogen (secondary N) is 1. The number of hydrogen-bond donors (Lipinski definition) is 1. The van der Waals surface area contributed by atoms with Crippen LogP contribution in [0.25, 0.3) is 11.0 Å². The minimum atomic E-state index is -3.59. The van der Waals surface area contributed by atoms with E-state index in [1.807, 2.05) is 11.5 Å². The van der Waals surface area contributed by atoms with Crippen LogP contribution in [0.5, 0.6) is 0 Å². The van der Waals surface area contributed by atoms with Crippen LogP contribution in [0.15, 0.2) is 41.3 Å². The van der Waals surface area contributed by atoms with E-state index in [2.05, 4.69) is 10.3 Å². The average molecular weight is 481 g/mol. The van der Waals surface area contributed by atoms with Gasteiger partial charge >= 0.3 is 0 Å². The first kappa shape index (κ1) is 24.2. The molecule has 0 bridgehead atoms. The first-order valence-corrected chi connectivity index (χ1v) is 12.3. The molecular weight excluding hydrogens is 455 g/mol. The number of nitrogens with zero attached hydrogens (tertiary/aromatic N) is 3. The van der Waals surface area contributed by atoms with Crippen molar-refractivity contribution in [2.24, 2.45) is 0 Å². The number of aromatic nitrogens is 2. The summed E-state index contributed by atoms with van der Waals surface area (Å²) in [6.45, 7) is 6.95. The highest BCUT2D eigenvalue weighted by atomic mass is 35.5. The van der Waals surface area contributed by atoms with Crippen LogP contribution < -0.4 is 5.32 Å². The number of carbonyl (C=O) groups excluding carboxylic acids is 1. The standard InChI is InChI=1S/C22H26ClFN4O3S/c1-4-27(5-2)32(30,31)16-8-10-20-19(14-16)26-21(28(20)6-3)11-12-22(29)25-15-7-9-17(23)18(24)13-15/h7-10,13-14H,4-6,11-12H2,1-3H3,(H,25,29). The fourth-order valence-electron chi connectivity index (χ4n) is 3.60. The second-order valence-corrected chi connectivity index (χ2v) is 9.53. The predicted octanol–water partition coefficient (Wildman–Crippen LogP) is 4.45. The number of fused-ring (bicyclic) bond motifs is 1. The molecule has 172 valence electrons. The summed E-state index contributed by atoms with van der Waals surface area (Å²) >= 11 is 5.66. The molecule has 0 fully saturated rings. The van der Waals surface area contributed by atoms with Crippen LogP contribution in [0.1, 0.15) is 33.0 Å². The van der Waals surface area contributed by atoms with Gasteiger partial charge in [-0.1, -0.05) is 25.4 Å². The molecule has 0 radical (unpaired) electrons. The molecule has 1 heterocycles. The number of sulfonamides is 1. The van der Waals surface area contributed by atoms with Crippen LogP contribution in [-0.4, -0.2) is 41.3 Å². The number of aryl methyl sites for hydroxylation is 2. The highest BCUT2D eigenvalue weighted by molar-refractivity contribution is 7.89. The molecule has 32 heavy (non-hydrogen) atoms. The van der Waals surface area contributed by atoms with Crippen molar-refractivity contribution >= 4 is 44.3 Å². The maximum atomic E-state index is 13.6. The summed E-state index contributed by atoms with van der Waals surface area (Å²) in [6, 6.07) is 9.00. The zero-order valence-corrected chi connectivity index (χ0v) is 19.8. The fraction of sp³-hybridized carbons (Fsp3) is 0.364. The molecule has 3 rings (SSSR count). The molecule has 1 N–H and O–H groups in total. The van der Waals surface area contributed by atoms with Crippen molar-refractivity contribution < 1.29 is 17.6 Å². The van der Waals surface area contributed by atoms with Gasteiger partial charge in [0.25, 0.3) is 0 Å². The van der Waals surface area contributed by atoms with Crippen molar-refractivity contribution in [3.8, 4) is 0 Å². The summed E-state index contributed by atoms with van der Waals surface area (Å²) in [6.07, 6.45) is 0.487. The number of benzene rings is 2. The highest BCUT2D eigenvalue weighted by Gasteiger charge is 2.23. The molecular formula is C22H26ClFN4O3S. The van der Waals surface area contributed by atoms with Gasteiger partial charge in [-0.2, -0.15) is 4.31 Å². The zero-order chi connectivity index (χ0) is 23.5. The first-order chi connectivity index (χ1) is 15.2. The molecule has 10 heteroatoms. The molecule has 2 aromatic carbocycles. The van der Waals surface area contributed by atoms with Crippen molar-refractivity contribution in [1.82, 2.24) is 13.9 Å². The quantitative estimate of drug-likeness (QED) is 0.490. The molecule has 0 aliphatic heterocycles. The minimum Gasteiger partial charge on any atom is -0.328 e. The SMILES string of the molecule is CCN(CC)S(=O)(=O)c1ccc2c(c1)nc(CCC(=O)Nc1ccc(Cl)c(F)c1)n2CC. The number of rotatable bonds is 9. The Hall–Kier alpha value is -2.49. The number of amides is 1. The molecule has 1 amide bonds. The summed E-state index contributed by atoms with van der Waals surface area (Å²) in [4.78, 5) is 17.1. The van der Waals surface area contributed by atoms with Gasteiger partial charge in [0, 0.05) is 38.2 Å². The number of hydrogen-bond acceptors (Lipinski definition) is 4. The van der Waals surface area contributed by atoms with Crippen LogP contribution in [-0.2, 0) is 27.8 Å². The number of anilines is 1. The van der Waals surface area contributed by atoms with E-state index in [1.54, 1.807) is 32.0 Å². The van der Waals surface area contributed by atoms with E-state index in [0.29, 0.717) is 43.1 Å². The molecule has 0 unspecified atom stereocenters. The molecule has 3 aromatic rings. The van der Waals surface area contributed by atoms with Gasteiger partial charge in [-0.3, -0.25) is 4.79 Å². The van der Waals surface area contributed by atoms with E-state index in [1.165, 1.54) is 22.5 Å². The van der Waals surface area contributed by atoms with Crippen molar-refractivity contribution in [1.29, 1.82) is 0 Å². The van der Waals surface area contributed by atoms with E-state index < -0.39 is 15.8 Å². The Labute approximate surface area is 192 Å². The second kappa shape index (κ2) is 9.97. The third-order valence-electron chi connectivity index (χ3n) is 5.24. The van der Waals surface area contributed by atoms with Crippen LogP contribution >= 0.6 is 11.6 Å². The molecule has 0 aliphatic carbocycles. The highest BCUT2D eigenvalue weighted by Crippen LogP contribution is 2.24. The van der Waals surface area contributed by atoms with Crippen LogP contribution in [0, 0.1) is 5.82 Å². The molecule has 0 saturated heterocycles. The van der Waals surface area contributed by atoms with E-state index >= 15 is 0 Å². The third-order valence-corrected chi connectivity index (χ3v) is 7.59. The van der Waals surface area contributed by atoms with Gasteiger partial charge in [-0.05, 0) is 43.3 Å². The first-order valence-electron chi connectivity index (χ1n) is 10.4. The number of halogens is 2. The lowest BCUT2D eigenvalue weighted by molar-refractivity contribution is -0.116. The Morgan fingerprint density at radius 3 is 2.50 bits per heavy atom. The van der Waals surface area contributed by atoms with E-state index in [-0.39, 0.29) is 22.2 Å². The number of carbonyl (C=O) groups is 1. The Bertz CT molecular complexity index is 1240. The molecule has 0 atom stereocenters. The molecule has 7 nitrogen and oxygen atoms in total. The summed E-state index contributed by atoms with van der Waals surface area (Å²) in [5.74, 6) is -0.212. The number of imidazole rings is 1. The van der Waals surface area contributed by atoms with E-state index in [9.17, 15) is 17.6 Å². The lowest BCUT2D eigenvalue weighted by atomic mass is 10.2. The summed E-state index contributed by atoms with van der Waals surface area (Å²) in [7, 11) is -3.59. The molecule has 0 saturated carbocycles. The minimum absolute atomic E-state index is 0.0120. The molecule has 0 aliphatic rings. The van der Waals surface area contributed by atoms with Gasteiger partial charge in [0.1, 0.15) is 11.6 Å².